The van der Waals surface area contributed by atoms with Crippen LogP contribution in [-0.2, 0) is 11.3 Å². The molecule has 0 aromatic carbocycles. The monoisotopic (exact) mass is 210 g/mol. The molecule has 1 amide bonds. The van der Waals surface area contributed by atoms with Crippen LogP contribution in [0.5, 0.6) is 0 Å². The molecule has 0 fully saturated rings. The summed E-state index contributed by atoms with van der Waals surface area (Å²) in [4.78, 5) is 11.6. The van der Waals surface area contributed by atoms with Crippen LogP contribution in [0.4, 0.5) is 0 Å². The number of nitrogens with one attached hydrogen (secondary N) is 1. The number of hydrogen-bond acceptors (Lipinski definition) is 3. The van der Waals surface area contributed by atoms with Gasteiger partial charge in [-0.15, -0.1) is 0 Å². The fourth-order valence-electron chi connectivity index (χ4n) is 1.09. The first-order valence-corrected chi connectivity index (χ1v) is 4.95. The van der Waals surface area contributed by atoms with Gasteiger partial charge in [-0.25, -0.2) is 0 Å². The zero-order chi connectivity index (χ0) is 11.5. The van der Waals surface area contributed by atoms with E-state index in [0.717, 1.165) is 5.56 Å². The highest BCUT2D eigenvalue weighted by Gasteiger charge is 2.26. The van der Waals surface area contributed by atoms with E-state index in [2.05, 4.69) is 5.32 Å². The highest BCUT2D eigenvalue weighted by atomic mass is 16.3. The molecule has 3 N–H and O–H groups in total. The van der Waals surface area contributed by atoms with Gasteiger partial charge in [-0.2, -0.15) is 0 Å². The Labute approximate surface area is 89.8 Å². The maximum Gasteiger partial charge on any atom is 0.237 e. The number of carbonyl (C=O) groups excluding carboxylic acids is 1. The number of amides is 1. The molecule has 0 aliphatic rings. The van der Waals surface area contributed by atoms with Crippen molar-refractivity contribution >= 4 is 5.91 Å². The maximum absolute atomic E-state index is 11.6. The summed E-state index contributed by atoms with van der Waals surface area (Å²) in [5.74, 6) is -0.135. The number of nitrogens with two attached hydrogens (primary N) is 1. The number of hydrogen-bond donors (Lipinski definition) is 2. The van der Waals surface area contributed by atoms with Crippen molar-refractivity contribution in [2.75, 3.05) is 0 Å². The Bertz CT molecular complexity index is 312. The summed E-state index contributed by atoms with van der Waals surface area (Å²) in [6.45, 7) is 6.28. The fraction of sp³-hybridized carbons (Fsp3) is 0.545. The molecule has 0 bridgehead atoms. The van der Waals surface area contributed by atoms with E-state index in [1.54, 1.807) is 12.5 Å². The van der Waals surface area contributed by atoms with Gasteiger partial charge in [-0.1, -0.05) is 20.8 Å². The Kier molecular flexibility index (Phi) is 3.52. The Hall–Kier alpha value is -1.29. The molecule has 1 aromatic rings. The molecular weight excluding hydrogens is 192 g/mol. The normalized spacial score (nSPS) is 13.6. The van der Waals surface area contributed by atoms with Crippen LogP contribution in [0.2, 0.25) is 0 Å². The molecule has 84 valence electrons. The average Bonchev–Trinajstić information content (AvgIpc) is 2.63. The first-order chi connectivity index (χ1) is 6.91. The van der Waals surface area contributed by atoms with Crippen LogP contribution >= 0.6 is 0 Å². The topological polar surface area (TPSA) is 68.3 Å². The summed E-state index contributed by atoms with van der Waals surface area (Å²) in [6, 6.07) is 1.31. The predicted octanol–water partition coefficient (Wildman–Crippen LogP) is 1.27. The molecule has 1 atom stereocenters. The van der Waals surface area contributed by atoms with Crippen molar-refractivity contribution in [3.05, 3.63) is 24.2 Å². The van der Waals surface area contributed by atoms with Crippen molar-refractivity contribution in [1.29, 1.82) is 0 Å². The van der Waals surface area contributed by atoms with Crippen molar-refractivity contribution < 1.29 is 9.21 Å². The van der Waals surface area contributed by atoms with Gasteiger partial charge in [0.25, 0.3) is 0 Å². The van der Waals surface area contributed by atoms with Crippen LogP contribution in [0.1, 0.15) is 26.3 Å². The average molecular weight is 210 g/mol. The van der Waals surface area contributed by atoms with Crippen LogP contribution in [0.15, 0.2) is 23.0 Å². The largest absolute Gasteiger partial charge is 0.472 e. The third-order valence-corrected chi connectivity index (χ3v) is 2.26. The van der Waals surface area contributed by atoms with Crippen LogP contribution in [0.25, 0.3) is 0 Å². The smallest absolute Gasteiger partial charge is 0.237 e. The molecule has 0 spiro atoms. The van der Waals surface area contributed by atoms with E-state index in [1.807, 2.05) is 26.8 Å². The van der Waals surface area contributed by atoms with Gasteiger partial charge in [0.1, 0.15) is 0 Å². The zero-order valence-electron chi connectivity index (χ0n) is 9.41. The van der Waals surface area contributed by atoms with Crippen molar-refractivity contribution in [2.45, 2.75) is 33.4 Å². The number of rotatable bonds is 3. The standard InChI is InChI=1S/C11H18N2O2/c1-11(2,3)9(12)10(14)13-6-8-4-5-15-7-8/h4-5,7,9H,6,12H2,1-3H3,(H,13,14). The van der Waals surface area contributed by atoms with Crippen molar-refractivity contribution in [3.63, 3.8) is 0 Å². The first-order valence-electron chi connectivity index (χ1n) is 4.95. The lowest BCUT2D eigenvalue weighted by Crippen LogP contribution is -2.48. The van der Waals surface area contributed by atoms with E-state index in [1.165, 1.54) is 0 Å². The Morgan fingerprint density at radius 1 is 1.60 bits per heavy atom. The van der Waals surface area contributed by atoms with Gasteiger partial charge in [0.2, 0.25) is 5.91 Å². The number of furan rings is 1. The summed E-state index contributed by atoms with van der Waals surface area (Å²) >= 11 is 0. The SMILES string of the molecule is CC(C)(C)C(N)C(=O)NCc1ccoc1. The van der Waals surface area contributed by atoms with E-state index in [9.17, 15) is 4.79 Å². The lowest BCUT2D eigenvalue weighted by Gasteiger charge is -2.25. The lowest BCUT2D eigenvalue weighted by molar-refractivity contribution is -0.124. The van der Waals surface area contributed by atoms with E-state index in [0.29, 0.717) is 6.54 Å². The second-order valence-electron chi connectivity index (χ2n) is 4.69. The van der Waals surface area contributed by atoms with E-state index >= 15 is 0 Å². The summed E-state index contributed by atoms with van der Waals surface area (Å²) in [7, 11) is 0. The Morgan fingerprint density at radius 3 is 2.73 bits per heavy atom. The molecule has 1 rings (SSSR count). The molecule has 15 heavy (non-hydrogen) atoms. The third-order valence-electron chi connectivity index (χ3n) is 2.26. The Balaban J connectivity index is 2.43. The zero-order valence-corrected chi connectivity index (χ0v) is 9.41. The van der Waals surface area contributed by atoms with Gasteiger partial charge < -0.3 is 15.5 Å². The molecule has 0 aliphatic carbocycles. The minimum absolute atomic E-state index is 0.135. The second-order valence-corrected chi connectivity index (χ2v) is 4.69. The minimum atomic E-state index is -0.496. The highest BCUT2D eigenvalue weighted by molar-refractivity contribution is 5.82. The molecule has 4 nitrogen and oxygen atoms in total. The van der Waals surface area contributed by atoms with Gasteiger partial charge in [0.05, 0.1) is 18.6 Å². The Morgan fingerprint density at radius 2 is 2.27 bits per heavy atom. The minimum Gasteiger partial charge on any atom is -0.472 e. The van der Waals surface area contributed by atoms with Gasteiger partial charge in [0, 0.05) is 12.1 Å². The van der Waals surface area contributed by atoms with Gasteiger partial charge in [-0.05, 0) is 11.5 Å². The van der Waals surface area contributed by atoms with Crippen molar-refractivity contribution in [1.82, 2.24) is 5.32 Å². The summed E-state index contributed by atoms with van der Waals surface area (Å²) < 4.78 is 4.89. The summed E-state index contributed by atoms with van der Waals surface area (Å²) in [5, 5.41) is 2.77. The van der Waals surface area contributed by atoms with Gasteiger partial charge in [-0.3, -0.25) is 4.79 Å². The molecule has 4 heteroatoms. The number of carbonyl (C=O) groups is 1. The lowest BCUT2D eigenvalue weighted by atomic mass is 9.87. The van der Waals surface area contributed by atoms with Crippen LogP contribution < -0.4 is 11.1 Å². The van der Waals surface area contributed by atoms with Crippen LogP contribution in [-0.4, -0.2) is 11.9 Å². The maximum atomic E-state index is 11.6. The second kappa shape index (κ2) is 4.49. The van der Waals surface area contributed by atoms with Crippen LogP contribution in [0.3, 0.4) is 0 Å². The van der Waals surface area contributed by atoms with Gasteiger partial charge >= 0.3 is 0 Å². The highest BCUT2D eigenvalue weighted by Crippen LogP contribution is 2.17. The summed E-state index contributed by atoms with van der Waals surface area (Å²) in [5.41, 5.74) is 6.51. The quantitative estimate of drug-likeness (QED) is 0.789. The molecule has 0 aliphatic heterocycles. The van der Waals surface area contributed by atoms with E-state index < -0.39 is 6.04 Å². The summed E-state index contributed by atoms with van der Waals surface area (Å²) in [6.07, 6.45) is 3.17. The molecule has 1 aromatic heterocycles. The molecule has 1 unspecified atom stereocenters. The van der Waals surface area contributed by atoms with Crippen molar-refractivity contribution in [2.24, 2.45) is 11.1 Å². The fourth-order valence-corrected chi connectivity index (χ4v) is 1.09. The molecule has 0 radical (unpaired) electrons. The molecular formula is C11H18N2O2. The molecule has 0 saturated heterocycles. The van der Waals surface area contributed by atoms with Crippen molar-refractivity contribution in [3.8, 4) is 0 Å². The van der Waals surface area contributed by atoms with Gasteiger partial charge in [0.15, 0.2) is 0 Å². The predicted molar refractivity (Wildman–Crippen MR) is 58.0 cm³/mol. The van der Waals surface area contributed by atoms with Crippen LogP contribution in [0, 0.1) is 5.41 Å². The third kappa shape index (κ3) is 3.40. The molecule has 0 saturated carbocycles. The molecule has 1 heterocycles. The van der Waals surface area contributed by atoms with E-state index in [-0.39, 0.29) is 11.3 Å². The first kappa shape index (κ1) is 11.8. The van der Waals surface area contributed by atoms with E-state index in [4.69, 9.17) is 10.2 Å².